The number of nitrogens with zero attached hydrogens (tertiary/aromatic N) is 2. The van der Waals surface area contributed by atoms with Crippen LogP contribution in [-0.2, 0) is 13.0 Å². The molecule has 96 valence electrons. The number of imidazole rings is 1. The Kier molecular flexibility index (Phi) is 4.53. The Hall–Kier alpha value is -1.61. The highest BCUT2D eigenvalue weighted by Gasteiger charge is 2.04. The molecule has 2 aromatic rings. The predicted octanol–water partition coefficient (Wildman–Crippen LogP) is 2.80. The Balaban J connectivity index is 1.77. The van der Waals surface area contributed by atoms with Crippen LogP contribution < -0.4 is 5.32 Å². The van der Waals surface area contributed by atoms with Crippen LogP contribution in [0.25, 0.3) is 0 Å². The van der Waals surface area contributed by atoms with E-state index in [4.69, 9.17) is 0 Å². The smallest absolute Gasteiger partial charge is 0.0951 e. The van der Waals surface area contributed by atoms with Crippen molar-refractivity contribution in [3.8, 4) is 0 Å². The van der Waals surface area contributed by atoms with Gasteiger partial charge in [0.15, 0.2) is 0 Å². The van der Waals surface area contributed by atoms with Crippen molar-refractivity contribution < 1.29 is 0 Å². The molecule has 0 aliphatic heterocycles. The van der Waals surface area contributed by atoms with Crippen LogP contribution in [0.1, 0.15) is 31.1 Å². The van der Waals surface area contributed by atoms with Gasteiger partial charge in [-0.2, -0.15) is 0 Å². The summed E-state index contributed by atoms with van der Waals surface area (Å²) in [7, 11) is 0. The van der Waals surface area contributed by atoms with E-state index >= 15 is 0 Å². The lowest BCUT2D eigenvalue weighted by molar-refractivity contribution is 0.551. The van der Waals surface area contributed by atoms with Gasteiger partial charge < -0.3 is 9.88 Å². The van der Waals surface area contributed by atoms with Crippen LogP contribution in [-0.4, -0.2) is 16.1 Å². The third-order valence-corrected chi connectivity index (χ3v) is 3.04. The number of aromatic nitrogens is 2. The summed E-state index contributed by atoms with van der Waals surface area (Å²) in [5, 5.41) is 3.47. The first-order valence-corrected chi connectivity index (χ1v) is 6.52. The molecule has 0 aliphatic rings. The minimum atomic E-state index is 0.471. The molecule has 0 bridgehead atoms. The maximum absolute atomic E-state index is 4.20. The summed E-state index contributed by atoms with van der Waals surface area (Å²) in [4.78, 5) is 4.20. The second-order valence-corrected chi connectivity index (χ2v) is 4.80. The van der Waals surface area contributed by atoms with Crippen molar-refractivity contribution in [1.29, 1.82) is 0 Å². The van der Waals surface area contributed by atoms with Crippen LogP contribution in [0.2, 0.25) is 0 Å². The quantitative estimate of drug-likeness (QED) is 0.791. The molecule has 3 nitrogen and oxygen atoms in total. The molecule has 0 amide bonds. The van der Waals surface area contributed by atoms with E-state index in [1.165, 1.54) is 11.3 Å². The van der Waals surface area contributed by atoms with Crippen LogP contribution >= 0.6 is 0 Å². The zero-order valence-corrected chi connectivity index (χ0v) is 11.1. The monoisotopic (exact) mass is 243 g/mol. The average molecular weight is 243 g/mol. The molecule has 0 spiro atoms. The Morgan fingerprint density at radius 1 is 1.22 bits per heavy atom. The molecular formula is C15H21N3. The summed E-state index contributed by atoms with van der Waals surface area (Å²) in [6.07, 6.45) is 4.91. The second kappa shape index (κ2) is 6.36. The van der Waals surface area contributed by atoms with Gasteiger partial charge in [0.1, 0.15) is 0 Å². The number of rotatable bonds is 6. The molecule has 1 heterocycles. The lowest BCUT2D eigenvalue weighted by Crippen LogP contribution is -2.19. The Bertz CT molecular complexity index is 460. The second-order valence-electron chi connectivity index (χ2n) is 4.80. The minimum Gasteiger partial charge on any atom is -0.331 e. The van der Waals surface area contributed by atoms with E-state index in [1.807, 2.05) is 12.5 Å². The highest BCUT2D eigenvalue weighted by atomic mass is 15.1. The molecule has 0 saturated carbocycles. The fraction of sp³-hybridized carbons (Fsp3) is 0.400. The minimum absolute atomic E-state index is 0.471. The van der Waals surface area contributed by atoms with E-state index in [0.717, 1.165) is 19.5 Å². The normalized spacial score (nSPS) is 11.1. The van der Waals surface area contributed by atoms with E-state index in [2.05, 4.69) is 59.0 Å². The third-order valence-electron chi connectivity index (χ3n) is 3.04. The first-order chi connectivity index (χ1) is 8.77. The van der Waals surface area contributed by atoms with Crippen molar-refractivity contribution >= 4 is 0 Å². The summed E-state index contributed by atoms with van der Waals surface area (Å²) in [5.74, 6) is 0. The highest BCUT2D eigenvalue weighted by molar-refractivity contribution is 5.14. The van der Waals surface area contributed by atoms with Gasteiger partial charge in [0, 0.05) is 18.8 Å². The Labute approximate surface area is 109 Å². The van der Waals surface area contributed by atoms with Gasteiger partial charge in [-0.1, -0.05) is 30.3 Å². The Morgan fingerprint density at radius 2 is 2.00 bits per heavy atom. The van der Waals surface area contributed by atoms with E-state index in [0.29, 0.717) is 6.04 Å². The molecule has 0 radical (unpaired) electrons. The summed E-state index contributed by atoms with van der Waals surface area (Å²) < 4.78 is 2.20. The number of nitrogens with one attached hydrogen (secondary N) is 1. The molecule has 0 atom stereocenters. The van der Waals surface area contributed by atoms with E-state index in [9.17, 15) is 0 Å². The van der Waals surface area contributed by atoms with Crippen LogP contribution in [0.15, 0.2) is 42.9 Å². The van der Waals surface area contributed by atoms with Crippen molar-refractivity contribution in [1.82, 2.24) is 14.9 Å². The van der Waals surface area contributed by atoms with Gasteiger partial charge in [-0.05, 0) is 32.4 Å². The predicted molar refractivity (Wildman–Crippen MR) is 74.5 cm³/mol. The SMILES string of the molecule is CC(C)n1cncc1CNCCc1ccccc1. The van der Waals surface area contributed by atoms with E-state index in [-0.39, 0.29) is 0 Å². The molecule has 0 unspecified atom stereocenters. The molecule has 3 heteroatoms. The first-order valence-electron chi connectivity index (χ1n) is 6.52. The topological polar surface area (TPSA) is 29.9 Å². The fourth-order valence-corrected chi connectivity index (χ4v) is 2.03. The van der Waals surface area contributed by atoms with Gasteiger partial charge in [0.25, 0.3) is 0 Å². The van der Waals surface area contributed by atoms with E-state index in [1.54, 1.807) is 0 Å². The summed E-state index contributed by atoms with van der Waals surface area (Å²) in [6.45, 7) is 6.22. The van der Waals surface area contributed by atoms with Gasteiger partial charge in [0.05, 0.1) is 12.0 Å². The van der Waals surface area contributed by atoms with Crippen LogP contribution in [0.4, 0.5) is 0 Å². The highest BCUT2D eigenvalue weighted by Crippen LogP contribution is 2.08. The molecule has 1 aromatic carbocycles. The van der Waals surface area contributed by atoms with Crippen molar-refractivity contribution in [2.45, 2.75) is 32.9 Å². The molecule has 1 aromatic heterocycles. The maximum Gasteiger partial charge on any atom is 0.0951 e. The number of hydrogen-bond donors (Lipinski definition) is 1. The van der Waals surface area contributed by atoms with Crippen molar-refractivity contribution in [3.63, 3.8) is 0 Å². The van der Waals surface area contributed by atoms with E-state index < -0.39 is 0 Å². The average Bonchev–Trinajstić information content (AvgIpc) is 2.84. The Morgan fingerprint density at radius 3 is 2.72 bits per heavy atom. The molecule has 0 fully saturated rings. The van der Waals surface area contributed by atoms with Crippen LogP contribution in [0.3, 0.4) is 0 Å². The molecule has 18 heavy (non-hydrogen) atoms. The third kappa shape index (κ3) is 3.44. The molecule has 2 rings (SSSR count). The van der Waals surface area contributed by atoms with Crippen molar-refractivity contribution in [2.24, 2.45) is 0 Å². The summed E-state index contributed by atoms with van der Waals surface area (Å²) >= 11 is 0. The lowest BCUT2D eigenvalue weighted by Gasteiger charge is -2.12. The van der Waals surface area contributed by atoms with Crippen molar-refractivity contribution in [3.05, 3.63) is 54.1 Å². The maximum atomic E-state index is 4.20. The molecule has 0 saturated heterocycles. The van der Waals surface area contributed by atoms with Crippen LogP contribution in [0.5, 0.6) is 0 Å². The lowest BCUT2D eigenvalue weighted by atomic mass is 10.1. The first kappa shape index (κ1) is 12.8. The summed E-state index contributed by atoms with van der Waals surface area (Å²) in [6, 6.07) is 11.0. The number of hydrogen-bond acceptors (Lipinski definition) is 2. The van der Waals surface area contributed by atoms with Gasteiger partial charge in [-0.3, -0.25) is 0 Å². The van der Waals surface area contributed by atoms with Gasteiger partial charge >= 0.3 is 0 Å². The van der Waals surface area contributed by atoms with Crippen LogP contribution in [0, 0.1) is 0 Å². The molecule has 1 N–H and O–H groups in total. The van der Waals surface area contributed by atoms with Gasteiger partial charge in [-0.25, -0.2) is 4.98 Å². The van der Waals surface area contributed by atoms with Crippen molar-refractivity contribution in [2.75, 3.05) is 6.54 Å². The van der Waals surface area contributed by atoms with Gasteiger partial charge in [-0.15, -0.1) is 0 Å². The molecule has 0 aliphatic carbocycles. The summed E-state index contributed by atoms with van der Waals surface area (Å²) in [5.41, 5.74) is 2.63. The number of benzene rings is 1. The largest absolute Gasteiger partial charge is 0.331 e. The fourth-order valence-electron chi connectivity index (χ4n) is 2.03. The zero-order chi connectivity index (χ0) is 12.8. The zero-order valence-electron chi connectivity index (χ0n) is 11.1. The molecular weight excluding hydrogens is 222 g/mol. The standard InChI is InChI=1S/C15H21N3/c1-13(2)18-12-17-11-15(18)10-16-9-8-14-6-4-3-5-7-14/h3-7,11-13,16H,8-10H2,1-2H3. The van der Waals surface area contributed by atoms with Gasteiger partial charge in [0.2, 0.25) is 0 Å².